The number of nitrogens with one attached hydrogen (secondary N) is 2. The van der Waals surface area contributed by atoms with Crippen LogP contribution in [0.1, 0.15) is 46.0 Å². The Morgan fingerprint density at radius 3 is 2.63 bits per heavy atom. The topological polar surface area (TPSA) is 108 Å². The summed E-state index contributed by atoms with van der Waals surface area (Å²) in [5.74, 6) is -0.696. The van der Waals surface area contributed by atoms with Gasteiger partial charge in [-0.3, -0.25) is 19.6 Å². The predicted octanol–water partition coefficient (Wildman–Crippen LogP) is 2.12. The molecule has 1 fully saturated rings. The van der Waals surface area contributed by atoms with Gasteiger partial charge in [0.2, 0.25) is 17.7 Å². The number of carbonyl (C=O) groups excluding carboxylic acids is 3. The minimum absolute atomic E-state index is 0.115. The molecule has 0 unspecified atom stereocenters. The Balaban J connectivity index is 1.94. The zero-order valence-electron chi connectivity index (χ0n) is 17.8. The molecule has 1 aromatic carbocycles. The van der Waals surface area contributed by atoms with E-state index in [1.54, 1.807) is 10.4 Å². The summed E-state index contributed by atoms with van der Waals surface area (Å²) in [6, 6.07) is 8.82. The number of likely N-dealkylation sites (tertiary alicyclic amines) is 1. The van der Waals surface area contributed by atoms with E-state index in [9.17, 15) is 14.4 Å². The van der Waals surface area contributed by atoms with Crippen LogP contribution >= 0.6 is 0 Å². The molecule has 0 bridgehead atoms. The van der Waals surface area contributed by atoms with Crippen LogP contribution < -0.4 is 15.5 Å². The zero-order chi connectivity index (χ0) is 21.9. The summed E-state index contributed by atoms with van der Waals surface area (Å²) in [7, 11) is 0. The Bertz CT molecular complexity index is 695. The lowest BCUT2D eigenvalue weighted by Crippen LogP contribution is -2.50. The van der Waals surface area contributed by atoms with Crippen molar-refractivity contribution in [3.63, 3.8) is 0 Å². The Morgan fingerprint density at radius 2 is 1.97 bits per heavy atom. The van der Waals surface area contributed by atoms with E-state index in [0.29, 0.717) is 32.5 Å². The lowest BCUT2D eigenvalue weighted by molar-refractivity contribution is -0.139. The molecule has 1 heterocycles. The van der Waals surface area contributed by atoms with Gasteiger partial charge in [0.15, 0.2) is 0 Å². The maximum atomic E-state index is 13.0. The maximum absolute atomic E-state index is 13.0. The molecule has 0 aliphatic carbocycles. The third-order valence-corrected chi connectivity index (χ3v) is 5.15. The highest BCUT2D eigenvalue weighted by atomic mass is 16.5. The van der Waals surface area contributed by atoms with Crippen LogP contribution in [0.3, 0.4) is 0 Å². The van der Waals surface area contributed by atoms with Gasteiger partial charge in [-0.05, 0) is 43.7 Å². The number of amides is 3. The van der Waals surface area contributed by atoms with Crippen LogP contribution in [0.25, 0.3) is 0 Å². The molecule has 3 N–H and O–H groups in total. The number of hydrogen-bond donors (Lipinski definition) is 3. The largest absolute Gasteiger partial charge is 0.492 e. The van der Waals surface area contributed by atoms with Gasteiger partial charge in [0.25, 0.3) is 0 Å². The molecular weight excluding hydrogens is 386 g/mol. The average molecular weight is 420 g/mol. The summed E-state index contributed by atoms with van der Waals surface area (Å²) < 4.78 is 5.70. The Morgan fingerprint density at radius 1 is 1.23 bits per heavy atom. The molecule has 2 rings (SSSR count). The molecule has 0 spiro atoms. The molecule has 30 heavy (non-hydrogen) atoms. The molecule has 8 nitrogen and oxygen atoms in total. The smallest absolute Gasteiger partial charge is 0.245 e. The van der Waals surface area contributed by atoms with Gasteiger partial charge in [0.05, 0.1) is 6.54 Å². The van der Waals surface area contributed by atoms with Gasteiger partial charge in [0.1, 0.15) is 18.4 Å². The molecular formula is C22H33N3O5. The molecule has 0 radical (unpaired) electrons. The minimum atomic E-state index is -0.609. The molecule has 0 aromatic heterocycles. The molecule has 166 valence electrons. The van der Waals surface area contributed by atoms with Crippen molar-refractivity contribution in [1.82, 2.24) is 15.7 Å². The van der Waals surface area contributed by atoms with Gasteiger partial charge >= 0.3 is 0 Å². The van der Waals surface area contributed by atoms with Crippen molar-refractivity contribution in [3.05, 3.63) is 30.3 Å². The van der Waals surface area contributed by atoms with Gasteiger partial charge < -0.3 is 15.0 Å². The minimum Gasteiger partial charge on any atom is -0.492 e. The summed E-state index contributed by atoms with van der Waals surface area (Å²) in [5.41, 5.74) is 1.58. The zero-order valence-corrected chi connectivity index (χ0v) is 17.8. The van der Waals surface area contributed by atoms with Gasteiger partial charge in [-0.2, -0.15) is 0 Å². The number of benzene rings is 1. The van der Waals surface area contributed by atoms with E-state index in [0.717, 1.165) is 18.6 Å². The summed E-state index contributed by atoms with van der Waals surface area (Å²) >= 11 is 0. The summed E-state index contributed by atoms with van der Waals surface area (Å²) in [4.78, 5) is 39.1. The van der Waals surface area contributed by atoms with E-state index in [2.05, 4.69) is 5.32 Å². The lowest BCUT2D eigenvalue weighted by atomic mass is 9.92. The van der Waals surface area contributed by atoms with Crippen LogP contribution in [0, 0.1) is 11.8 Å². The van der Waals surface area contributed by atoms with Crippen LogP contribution in [-0.2, 0) is 14.4 Å². The first-order valence-corrected chi connectivity index (χ1v) is 10.6. The predicted molar refractivity (Wildman–Crippen MR) is 112 cm³/mol. The van der Waals surface area contributed by atoms with Crippen LogP contribution in [-0.4, -0.2) is 53.6 Å². The number of carbonyl (C=O) groups is 3. The standard InChI is InChI=1S/C22H33N3O5/c1-16(2)14-17(15-20(26)24-29)21(27)23-19-10-6-7-11-25(22(19)28)12-13-30-18-8-4-3-5-9-18/h3-5,8-9,16-17,19,29H,6-7,10-15H2,1-2H3,(H,23,27)(H,24,26)/t17-,19+/m1/s1. The molecule has 0 saturated carbocycles. The fraction of sp³-hybridized carbons (Fsp3) is 0.591. The number of nitrogens with zero attached hydrogens (tertiary/aromatic N) is 1. The number of ether oxygens (including phenoxy) is 1. The Kier molecular flexibility index (Phi) is 9.60. The second kappa shape index (κ2) is 12.2. The van der Waals surface area contributed by atoms with Crippen molar-refractivity contribution in [2.45, 2.75) is 52.0 Å². The SMILES string of the molecule is CC(C)C[C@H](CC(=O)NO)C(=O)N[C@H]1CCCCN(CCOc2ccccc2)C1=O. The number of hydroxylamine groups is 1. The average Bonchev–Trinajstić information content (AvgIpc) is 2.89. The molecule has 3 amide bonds. The summed E-state index contributed by atoms with van der Waals surface area (Å²) in [5, 5.41) is 11.6. The molecule has 2 atom stereocenters. The molecule has 1 saturated heterocycles. The molecule has 1 aromatic rings. The monoisotopic (exact) mass is 419 g/mol. The van der Waals surface area contributed by atoms with Crippen LogP contribution in [0.2, 0.25) is 0 Å². The highest BCUT2D eigenvalue weighted by Crippen LogP contribution is 2.18. The second-order valence-electron chi connectivity index (χ2n) is 8.11. The highest BCUT2D eigenvalue weighted by Gasteiger charge is 2.31. The number of rotatable bonds is 10. The van der Waals surface area contributed by atoms with Crippen molar-refractivity contribution in [2.24, 2.45) is 11.8 Å². The van der Waals surface area contributed by atoms with E-state index in [1.807, 2.05) is 44.2 Å². The normalized spacial score (nSPS) is 17.9. The van der Waals surface area contributed by atoms with Crippen molar-refractivity contribution < 1.29 is 24.3 Å². The highest BCUT2D eigenvalue weighted by molar-refractivity contribution is 5.90. The van der Waals surface area contributed by atoms with Crippen molar-refractivity contribution >= 4 is 17.7 Å². The summed E-state index contributed by atoms with van der Waals surface area (Å²) in [6.45, 7) is 5.38. The van der Waals surface area contributed by atoms with Crippen LogP contribution in [0.15, 0.2) is 30.3 Å². The molecule has 1 aliphatic rings. The third kappa shape index (κ3) is 7.67. The third-order valence-electron chi connectivity index (χ3n) is 5.15. The van der Waals surface area contributed by atoms with E-state index in [1.165, 1.54) is 0 Å². The first kappa shape index (κ1) is 23.7. The Hall–Kier alpha value is -2.61. The van der Waals surface area contributed by atoms with Crippen LogP contribution in [0.5, 0.6) is 5.75 Å². The first-order valence-electron chi connectivity index (χ1n) is 10.6. The first-order chi connectivity index (χ1) is 14.4. The van der Waals surface area contributed by atoms with Crippen molar-refractivity contribution in [3.8, 4) is 5.75 Å². The van der Waals surface area contributed by atoms with Crippen molar-refractivity contribution in [1.29, 1.82) is 0 Å². The van der Waals surface area contributed by atoms with Gasteiger partial charge in [-0.15, -0.1) is 0 Å². The van der Waals surface area contributed by atoms with E-state index in [-0.39, 0.29) is 24.2 Å². The number of hydrogen-bond acceptors (Lipinski definition) is 5. The van der Waals surface area contributed by atoms with Crippen LogP contribution in [0.4, 0.5) is 0 Å². The van der Waals surface area contributed by atoms with E-state index in [4.69, 9.17) is 9.94 Å². The molecule has 1 aliphatic heterocycles. The summed E-state index contributed by atoms with van der Waals surface area (Å²) in [6.07, 6.45) is 2.65. The van der Waals surface area contributed by atoms with Crippen molar-refractivity contribution in [2.75, 3.05) is 19.7 Å². The fourth-order valence-electron chi connectivity index (χ4n) is 3.66. The van der Waals surface area contributed by atoms with Gasteiger partial charge in [-0.25, -0.2) is 5.48 Å². The fourth-order valence-corrected chi connectivity index (χ4v) is 3.66. The van der Waals surface area contributed by atoms with E-state index < -0.39 is 17.9 Å². The Labute approximate surface area is 177 Å². The lowest BCUT2D eigenvalue weighted by Gasteiger charge is -2.26. The van der Waals surface area contributed by atoms with Gasteiger partial charge in [0, 0.05) is 18.9 Å². The molecule has 8 heteroatoms. The van der Waals surface area contributed by atoms with E-state index >= 15 is 0 Å². The maximum Gasteiger partial charge on any atom is 0.245 e. The van der Waals surface area contributed by atoms with Gasteiger partial charge in [-0.1, -0.05) is 32.0 Å². The number of para-hydroxylation sites is 1. The quantitative estimate of drug-likeness (QED) is 0.398. The second-order valence-corrected chi connectivity index (χ2v) is 8.11.